The van der Waals surface area contributed by atoms with Crippen molar-refractivity contribution in [1.29, 1.82) is 0 Å². The molecule has 0 fully saturated rings. The van der Waals surface area contributed by atoms with Crippen LogP contribution in [0.4, 0.5) is 139 Å². The zero-order valence-electron chi connectivity index (χ0n) is 19.6. The van der Waals surface area contributed by atoms with Crippen LogP contribution in [0.2, 0.25) is 0 Å². The molecule has 0 aromatic rings. The molecule has 33 heteroatoms. The Labute approximate surface area is 235 Å². The average Bonchev–Trinajstić information content (AvgIpc) is 2.80. The molecular weight excluding hydrogens is 851 g/mol. The average molecular weight is 852 g/mol. The summed E-state index contributed by atoms with van der Waals surface area (Å²) in [7, 11) is 0. The third-order valence-electron chi connectivity index (χ3n) is 5.44. The van der Waals surface area contributed by atoms with E-state index in [4.69, 9.17) is 0 Å². The van der Waals surface area contributed by atoms with Gasteiger partial charge in [0.2, 0.25) is 0 Å². The van der Waals surface area contributed by atoms with Crippen LogP contribution >= 0.6 is 0 Å². The first-order valence-electron chi connectivity index (χ1n) is 9.55. The van der Waals surface area contributed by atoms with Crippen molar-refractivity contribution in [2.45, 2.75) is 81.0 Å². The predicted molar refractivity (Wildman–Crippen MR) is 80.8 cm³/mol. The van der Waals surface area contributed by atoms with Gasteiger partial charge in [-0.1, -0.05) is 0 Å². The first-order chi connectivity index (χ1) is 19.5. The molecule has 0 saturated heterocycles. The van der Waals surface area contributed by atoms with Crippen molar-refractivity contribution in [3.05, 3.63) is 0 Å². The van der Waals surface area contributed by atoms with Crippen molar-refractivity contribution in [2.24, 2.45) is 0 Å². The maximum absolute atomic E-state index is 13.8. The van der Waals surface area contributed by atoms with Crippen molar-refractivity contribution < 1.29 is 139 Å². The van der Waals surface area contributed by atoms with Gasteiger partial charge in [-0.05, 0) is 0 Å². The molecular formula is C14HAsF32. The van der Waals surface area contributed by atoms with E-state index in [2.05, 4.69) is 0 Å². The van der Waals surface area contributed by atoms with E-state index < -0.39 is 95.5 Å². The van der Waals surface area contributed by atoms with Gasteiger partial charge in [-0.3, -0.25) is 0 Å². The molecule has 0 amide bonds. The normalized spacial score (nSPS) is 17.7. The van der Waals surface area contributed by atoms with E-state index in [1.807, 2.05) is 0 Å². The molecule has 47 heavy (non-hydrogen) atoms. The summed E-state index contributed by atoms with van der Waals surface area (Å²) in [6, 6.07) is 0. The predicted octanol–water partition coefficient (Wildman–Crippen LogP) is 9.93. The molecule has 0 heterocycles. The van der Waals surface area contributed by atoms with E-state index in [0.717, 1.165) is 0 Å². The summed E-state index contributed by atoms with van der Waals surface area (Å²) in [5.74, 6) is -95.1. The molecule has 0 rings (SSSR count). The molecule has 0 aliphatic heterocycles. The number of halogens is 32. The Kier molecular flexibility index (Phi) is 10.3. The molecule has 0 aromatic carbocycles. The summed E-state index contributed by atoms with van der Waals surface area (Å²) in [6.07, 6.45) is -16.7. The quantitative estimate of drug-likeness (QED) is 0.136. The first-order valence-corrected chi connectivity index (χ1v) is 13.2. The summed E-state index contributed by atoms with van der Waals surface area (Å²) in [6.45, 7) is 0. The van der Waals surface area contributed by atoms with Gasteiger partial charge in [0.1, 0.15) is 0 Å². The van der Waals surface area contributed by atoms with E-state index in [1.54, 1.807) is 0 Å². The third kappa shape index (κ3) is 5.14. The molecule has 286 valence electrons. The Morgan fingerprint density at radius 1 is 0.191 bits per heavy atom. The second-order valence-electron chi connectivity index (χ2n) is 8.46. The van der Waals surface area contributed by atoms with Crippen LogP contribution in [0.15, 0.2) is 0 Å². The Balaban J connectivity index is 7.61. The summed E-state index contributed by atoms with van der Waals surface area (Å²) in [5, 5.41) is 0. The van der Waals surface area contributed by atoms with Crippen LogP contribution in [0.5, 0.6) is 0 Å². The molecule has 0 nitrogen and oxygen atoms in total. The van der Waals surface area contributed by atoms with Gasteiger partial charge < -0.3 is 0 Å². The monoisotopic (exact) mass is 852 g/mol. The zero-order valence-corrected chi connectivity index (χ0v) is 21.7. The zero-order chi connectivity index (χ0) is 39.5. The molecule has 0 saturated carbocycles. The van der Waals surface area contributed by atoms with Crippen molar-refractivity contribution in [3.8, 4) is 0 Å². The Bertz CT molecular complexity index is 1060. The van der Waals surface area contributed by atoms with Crippen LogP contribution in [0, 0.1) is 0 Å². The number of hydrogen-bond acceptors (Lipinski definition) is 0. The van der Waals surface area contributed by atoms with Gasteiger partial charge in [-0.15, -0.1) is 0 Å². The fourth-order valence-corrected chi connectivity index (χ4v) is 5.67. The summed E-state index contributed by atoms with van der Waals surface area (Å²) >= 11 is -12.9. The SMILES string of the molecule is FC(F)(F)C(F)(F)C(F)(F)C(F)(F)C(F)(F)C(F)(F)C(F)(F)[AsH](F)(F)C(F)(F)C(F)(F)C(F)(F)C(F)(F)C(F)(F)C(F)(F)C(F)(F)F. The second kappa shape index (κ2) is 10.7. The van der Waals surface area contributed by atoms with Crippen LogP contribution in [0.25, 0.3) is 0 Å². The molecule has 0 bridgehead atoms. The van der Waals surface area contributed by atoms with Crippen LogP contribution in [-0.2, 0) is 0 Å². The fourth-order valence-electron chi connectivity index (χ4n) is 2.52. The van der Waals surface area contributed by atoms with Crippen LogP contribution < -0.4 is 0 Å². The van der Waals surface area contributed by atoms with Gasteiger partial charge in [0, 0.05) is 0 Å². The topological polar surface area (TPSA) is 0 Å². The second-order valence-corrected chi connectivity index (χ2v) is 13.5. The number of hydrogen-bond donors (Lipinski definition) is 0. The van der Waals surface area contributed by atoms with Crippen molar-refractivity contribution in [2.75, 3.05) is 0 Å². The molecule has 0 spiro atoms. The molecule has 0 unspecified atom stereocenters. The fraction of sp³-hybridized carbons (Fsp3) is 1.00. The summed E-state index contributed by atoms with van der Waals surface area (Å²) < 4.78 is 399. The van der Waals surface area contributed by atoms with Gasteiger partial charge in [0.25, 0.3) is 0 Å². The van der Waals surface area contributed by atoms with Gasteiger partial charge in [0.15, 0.2) is 0 Å². The van der Waals surface area contributed by atoms with E-state index in [0.29, 0.717) is 0 Å². The van der Waals surface area contributed by atoms with Gasteiger partial charge >= 0.3 is 234 Å². The van der Waals surface area contributed by atoms with E-state index in [9.17, 15) is 139 Å². The Morgan fingerprint density at radius 2 is 0.319 bits per heavy atom. The molecule has 0 aromatic heterocycles. The third-order valence-corrected chi connectivity index (χ3v) is 10.1. The molecule has 0 N–H and O–H groups in total. The van der Waals surface area contributed by atoms with Crippen LogP contribution in [0.3, 0.4) is 0 Å². The van der Waals surface area contributed by atoms with Crippen LogP contribution in [0.1, 0.15) is 0 Å². The molecule has 0 atom stereocenters. The minimum absolute atomic E-state index is 8.34. The number of rotatable bonds is 12. The van der Waals surface area contributed by atoms with Crippen LogP contribution in [-0.4, -0.2) is 95.5 Å². The maximum atomic E-state index is 13.8. The van der Waals surface area contributed by atoms with Gasteiger partial charge in [0.05, 0.1) is 0 Å². The minimum atomic E-state index is -12.9. The van der Waals surface area contributed by atoms with Gasteiger partial charge in [-0.2, -0.15) is 0 Å². The van der Waals surface area contributed by atoms with Crippen molar-refractivity contribution in [3.63, 3.8) is 0 Å². The Hall–Kier alpha value is -1.68. The Morgan fingerprint density at radius 3 is 0.468 bits per heavy atom. The summed E-state index contributed by atoms with van der Waals surface area (Å²) in [4.78, 5) is 0. The summed E-state index contributed by atoms with van der Waals surface area (Å²) in [5.41, 5.74) is 0. The standard InChI is InChI=1S/C14HAsF32/c16-1(17,5(24,25)9(32,33)13(40,41)42)3(20,21)7(28,29)11(36,37)15(46,47)12(38,39)8(30,31)4(22,23)2(18,19)6(26,27)10(34,35)14(43,44)45/h15H. The molecule has 0 aliphatic carbocycles. The van der Waals surface area contributed by atoms with Gasteiger partial charge in [-0.25, -0.2) is 0 Å². The van der Waals surface area contributed by atoms with E-state index in [1.165, 1.54) is 0 Å². The molecule has 0 radical (unpaired) electrons. The number of alkyl halides is 30. The van der Waals surface area contributed by atoms with E-state index in [-0.39, 0.29) is 0 Å². The first kappa shape index (κ1) is 45.3. The van der Waals surface area contributed by atoms with E-state index >= 15 is 0 Å². The van der Waals surface area contributed by atoms with Crippen molar-refractivity contribution in [1.82, 2.24) is 0 Å². The van der Waals surface area contributed by atoms with Crippen molar-refractivity contribution >= 4 is 14.5 Å². The molecule has 0 aliphatic rings.